The number of rotatable bonds is 6. The molecule has 0 heterocycles. The van der Waals surface area contributed by atoms with Gasteiger partial charge in [-0.05, 0) is 65.6 Å². The van der Waals surface area contributed by atoms with Crippen LogP contribution in [0, 0.1) is 6.92 Å². The molecule has 0 saturated heterocycles. The molecule has 3 aromatic carbocycles. The zero-order valence-electron chi connectivity index (χ0n) is 18.8. The number of benzene rings is 3. The van der Waals surface area contributed by atoms with Gasteiger partial charge in [0.2, 0.25) is 0 Å². The highest BCUT2D eigenvalue weighted by atomic mass is 15.1. The molecule has 152 valence electrons. The van der Waals surface area contributed by atoms with Crippen LogP contribution in [0.4, 0.5) is 17.1 Å². The smallest absolute Gasteiger partial charge is 0.0363 e. The third-order valence-electron chi connectivity index (χ3n) is 5.57. The van der Waals surface area contributed by atoms with E-state index in [2.05, 4.69) is 131 Å². The predicted octanol–water partition coefficient (Wildman–Crippen LogP) is 5.37. The number of nitrogens with zero attached hydrogens (tertiary/aromatic N) is 3. The standard InChI is InChI=1S/C26H33N3/c1-19-18-24(29(6)7)16-17-25(19)26(20-8-12-22(13-9-20)27(2)3)21-10-14-23(15-11-21)28(4)5/h8-18,26H,1-7H3. The van der Waals surface area contributed by atoms with E-state index in [1.54, 1.807) is 0 Å². The van der Waals surface area contributed by atoms with E-state index in [-0.39, 0.29) is 5.92 Å². The van der Waals surface area contributed by atoms with Gasteiger partial charge in [-0.25, -0.2) is 0 Å². The molecule has 0 amide bonds. The van der Waals surface area contributed by atoms with Crippen molar-refractivity contribution < 1.29 is 0 Å². The Morgan fingerprint density at radius 3 is 1.24 bits per heavy atom. The van der Waals surface area contributed by atoms with Crippen molar-refractivity contribution in [2.75, 3.05) is 57.0 Å². The lowest BCUT2D eigenvalue weighted by atomic mass is 9.82. The summed E-state index contributed by atoms with van der Waals surface area (Å²) in [5.41, 5.74) is 8.96. The summed E-state index contributed by atoms with van der Waals surface area (Å²) >= 11 is 0. The van der Waals surface area contributed by atoms with Gasteiger partial charge in [0, 0.05) is 65.3 Å². The average Bonchev–Trinajstić information content (AvgIpc) is 2.70. The molecule has 0 radical (unpaired) electrons. The lowest BCUT2D eigenvalue weighted by Gasteiger charge is -2.24. The molecular formula is C26H33N3. The Morgan fingerprint density at radius 2 is 0.897 bits per heavy atom. The normalized spacial score (nSPS) is 10.9. The highest BCUT2D eigenvalue weighted by Crippen LogP contribution is 2.36. The van der Waals surface area contributed by atoms with Crippen molar-refractivity contribution in [2.24, 2.45) is 0 Å². The van der Waals surface area contributed by atoms with Crippen LogP contribution in [0.1, 0.15) is 28.2 Å². The van der Waals surface area contributed by atoms with Crippen molar-refractivity contribution in [3.05, 3.63) is 89.0 Å². The monoisotopic (exact) mass is 387 g/mol. The van der Waals surface area contributed by atoms with E-state index < -0.39 is 0 Å². The molecule has 0 aliphatic heterocycles. The second-order valence-electron chi connectivity index (χ2n) is 8.34. The molecule has 0 aliphatic rings. The molecule has 3 rings (SSSR count). The molecule has 3 heteroatoms. The van der Waals surface area contributed by atoms with Crippen LogP contribution in [0.25, 0.3) is 0 Å². The largest absolute Gasteiger partial charge is 0.378 e. The maximum absolute atomic E-state index is 2.29. The van der Waals surface area contributed by atoms with Gasteiger partial charge in [-0.2, -0.15) is 0 Å². The van der Waals surface area contributed by atoms with Crippen LogP contribution in [0.2, 0.25) is 0 Å². The summed E-state index contributed by atoms with van der Waals surface area (Å²) in [6, 6.07) is 24.7. The lowest BCUT2D eigenvalue weighted by molar-refractivity contribution is 0.957. The zero-order chi connectivity index (χ0) is 21.1. The van der Waals surface area contributed by atoms with Gasteiger partial charge in [-0.3, -0.25) is 0 Å². The second kappa shape index (κ2) is 8.60. The molecule has 0 atom stereocenters. The van der Waals surface area contributed by atoms with Gasteiger partial charge >= 0.3 is 0 Å². The van der Waals surface area contributed by atoms with Crippen LogP contribution < -0.4 is 14.7 Å². The topological polar surface area (TPSA) is 9.72 Å². The molecule has 0 saturated carbocycles. The minimum Gasteiger partial charge on any atom is -0.378 e. The Kier molecular flexibility index (Phi) is 6.17. The van der Waals surface area contributed by atoms with E-state index in [4.69, 9.17) is 0 Å². The number of aryl methyl sites for hydroxylation is 1. The van der Waals surface area contributed by atoms with Crippen molar-refractivity contribution in [3.8, 4) is 0 Å². The molecule has 3 nitrogen and oxygen atoms in total. The highest BCUT2D eigenvalue weighted by Gasteiger charge is 2.19. The van der Waals surface area contributed by atoms with Crippen molar-refractivity contribution in [1.82, 2.24) is 0 Å². The van der Waals surface area contributed by atoms with Gasteiger partial charge < -0.3 is 14.7 Å². The fourth-order valence-electron chi connectivity index (χ4n) is 3.74. The Morgan fingerprint density at radius 1 is 0.517 bits per heavy atom. The summed E-state index contributed by atoms with van der Waals surface area (Å²) in [5.74, 6) is 0.207. The first-order chi connectivity index (χ1) is 13.8. The minimum absolute atomic E-state index is 0.207. The predicted molar refractivity (Wildman–Crippen MR) is 128 cm³/mol. The van der Waals surface area contributed by atoms with Gasteiger partial charge in [0.25, 0.3) is 0 Å². The third kappa shape index (κ3) is 4.56. The zero-order valence-corrected chi connectivity index (χ0v) is 18.8. The lowest BCUT2D eigenvalue weighted by Crippen LogP contribution is -2.12. The van der Waals surface area contributed by atoms with Crippen LogP contribution >= 0.6 is 0 Å². The van der Waals surface area contributed by atoms with Crippen LogP contribution in [0.15, 0.2) is 66.7 Å². The molecule has 0 bridgehead atoms. The van der Waals surface area contributed by atoms with E-state index in [1.807, 2.05) is 0 Å². The number of anilines is 3. The van der Waals surface area contributed by atoms with Crippen molar-refractivity contribution in [2.45, 2.75) is 12.8 Å². The average molecular weight is 388 g/mol. The van der Waals surface area contributed by atoms with Crippen LogP contribution in [0.5, 0.6) is 0 Å². The first-order valence-electron chi connectivity index (χ1n) is 10.1. The van der Waals surface area contributed by atoms with Crippen molar-refractivity contribution in [1.29, 1.82) is 0 Å². The Balaban J connectivity index is 2.11. The third-order valence-corrected chi connectivity index (χ3v) is 5.57. The molecule has 0 aliphatic carbocycles. The Hall–Kier alpha value is -2.94. The van der Waals surface area contributed by atoms with E-state index in [1.165, 1.54) is 39.3 Å². The number of hydrogen-bond acceptors (Lipinski definition) is 3. The van der Waals surface area contributed by atoms with Crippen LogP contribution in [-0.2, 0) is 0 Å². The van der Waals surface area contributed by atoms with Gasteiger partial charge in [0.1, 0.15) is 0 Å². The fourth-order valence-corrected chi connectivity index (χ4v) is 3.74. The Labute approximate surface area is 176 Å². The van der Waals surface area contributed by atoms with E-state index >= 15 is 0 Å². The molecule has 0 spiro atoms. The second-order valence-corrected chi connectivity index (χ2v) is 8.34. The van der Waals surface area contributed by atoms with Crippen molar-refractivity contribution in [3.63, 3.8) is 0 Å². The van der Waals surface area contributed by atoms with E-state index in [0.717, 1.165) is 0 Å². The summed E-state index contributed by atoms with van der Waals surface area (Å²) in [6.45, 7) is 2.22. The first kappa shape index (κ1) is 20.8. The molecular weight excluding hydrogens is 354 g/mol. The molecule has 0 N–H and O–H groups in total. The van der Waals surface area contributed by atoms with Gasteiger partial charge in [0.15, 0.2) is 0 Å². The molecule has 3 aromatic rings. The van der Waals surface area contributed by atoms with Gasteiger partial charge in [-0.1, -0.05) is 30.3 Å². The summed E-state index contributed by atoms with van der Waals surface area (Å²) in [4.78, 5) is 6.44. The van der Waals surface area contributed by atoms with Crippen molar-refractivity contribution >= 4 is 17.1 Å². The summed E-state index contributed by atoms with van der Waals surface area (Å²) in [6.07, 6.45) is 0. The maximum Gasteiger partial charge on any atom is 0.0363 e. The molecule has 0 fully saturated rings. The van der Waals surface area contributed by atoms with E-state index in [0.29, 0.717) is 0 Å². The van der Waals surface area contributed by atoms with Gasteiger partial charge in [0.05, 0.1) is 0 Å². The quantitative estimate of drug-likeness (QED) is 0.526. The SMILES string of the molecule is Cc1cc(N(C)C)ccc1C(c1ccc(N(C)C)cc1)c1ccc(N(C)C)cc1. The fraction of sp³-hybridized carbons (Fsp3) is 0.308. The minimum atomic E-state index is 0.207. The summed E-state index contributed by atoms with van der Waals surface area (Å²) in [7, 11) is 12.5. The molecule has 0 unspecified atom stereocenters. The summed E-state index contributed by atoms with van der Waals surface area (Å²) < 4.78 is 0. The van der Waals surface area contributed by atoms with Gasteiger partial charge in [-0.15, -0.1) is 0 Å². The van der Waals surface area contributed by atoms with E-state index in [9.17, 15) is 0 Å². The maximum atomic E-state index is 2.29. The number of hydrogen-bond donors (Lipinski definition) is 0. The Bertz CT molecular complexity index is 887. The van der Waals surface area contributed by atoms with Crippen LogP contribution in [-0.4, -0.2) is 42.3 Å². The first-order valence-corrected chi connectivity index (χ1v) is 10.1. The molecule has 29 heavy (non-hydrogen) atoms. The molecule has 0 aromatic heterocycles. The highest BCUT2D eigenvalue weighted by molar-refractivity contribution is 5.57. The summed E-state index contributed by atoms with van der Waals surface area (Å²) in [5, 5.41) is 0. The van der Waals surface area contributed by atoms with Crippen LogP contribution in [0.3, 0.4) is 0 Å².